The molecule has 3 rings (SSSR count). The van der Waals surface area contributed by atoms with Gasteiger partial charge in [-0.15, -0.1) is 0 Å². The van der Waals surface area contributed by atoms with Crippen molar-refractivity contribution in [3.63, 3.8) is 0 Å². The number of carbonyl (C=O) groups excluding carboxylic acids is 2. The van der Waals surface area contributed by atoms with Gasteiger partial charge in [0.2, 0.25) is 0 Å². The van der Waals surface area contributed by atoms with Crippen molar-refractivity contribution in [2.24, 2.45) is 0 Å². The minimum Gasteiger partial charge on any atom is -0.461 e. The summed E-state index contributed by atoms with van der Waals surface area (Å²) in [6, 6.07) is 9.57. The molecule has 0 atom stereocenters. The number of hydrogen-bond donors (Lipinski definition) is 1. The third-order valence-corrected chi connectivity index (χ3v) is 3.97. The lowest BCUT2D eigenvalue weighted by Crippen LogP contribution is -2.46. The number of para-hydroxylation sites is 1. The molecule has 120 valence electrons. The predicted molar refractivity (Wildman–Crippen MR) is 82.8 cm³/mol. The largest absolute Gasteiger partial charge is 0.461 e. The van der Waals surface area contributed by atoms with Gasteiger partial charge in [0.15, 0.2) is 5.76 Å². The number of hydrogen-bond acceptors (Lipinski definition) is 4. The maximum atomic E-state index is 13.8. The van der Waals surface area contributed by atoms with E-state index in [1.165, 1.54) is 18.4 Å². The maximum absolute atomic E-state index is 13.8. The van der Waals surface area contributed by atoms with Crippen LogP contribution in [0.4, 0.5) is 10.1 Å². The van der Waals surface area contributed by atoms with Crippen LogP contribution in [0.5, 0.6) is 0 Å². The molecule has 0 spiro atoms. The Morgan fingerprint density at radius 3 is 2.52 bits per heavy atom. The molecule has 1 N–H and O–H groups in total. The van der Waals surface area contributed by atoms with Crippen molar-refractivity contribution in [3.05, 3.63) is 54.2 Å². The Kier molecular flexibility index (Phi) is 4.41. The highest BCUT2D eigenvalue weighted by Gasteiger charge is 2.26. The average Bonchev–Trinajstić information content (AvgIpc) is 3.10. The van der Waals surface area contributed by atoms with Gasteiger partial charge >= 0.3 is 0 Å². The number of rotatable bonds is 4. The van der Waals surface area contributed by atoms with E-state index in [-0.39, 0.29) is 17.6 Å². The van der Waals surface area contributed by atoms with E-state index >= 15 is 0 Å². The van der Waals surface area contributed by atoms with Gasteiger partial charge in [0.05, 0.1) is 12.0 Å². The highest BCUT2D eigenvalue weighted by atomic mass is 19.1. The number of anilines is 1. The molecular weight excluding hydrogens is 299 g/mol. The third-order valence-electron chi connectivity index (χ3n) is 3.97. The molecule has 23 heavy (non-hydrogen) atoms. The maximum Gasteiger partial charge on any atom is 0.295 e. The summed E-state index contributed by atoms with van der Waals surface area (Å²) in [4.78, 5) is 25.7. The fourth-order valence-electron chi connectivity index (χ4n) is 2.74. The van der Waals surface area contributed by atoms with Gasteiger partial charge < -0.3 is 14.6 Å². The van der Waals surface area contributed by atoms with Crippen molar-refractivity contribution in [2.45, 2.75) is 18.9 Å². The molecule has 2 aromatic rings. The zero-order valence-corrected chi connectivity index (χ0v) is 12.5. The van der Waals surface area contributed by atoms with Crippen LogP contribution >= 0.6 is 0 Å². The topological polar surface area (TPSA) is 62.6 Å². The fourth-order valence-corrected chi connectivity index (χ4v) is 2.74. The molecule has 1 aliphatic rings. The summed E-state index contributed by atoms with van der Waals surface area (Å²) in [6.45, 7) is 1.25. The lowest BCUT2D eigenvalue weighted by atomic mass is 10.0. The Morgan fingerprint density at radius 1 is 1.13 bits per heavy atom. The first kappa shape index (κ1) is 15.3. The Balaban J connectivity index is 1.54. The molecule has 1 fully saturated rings. The number of Topliss-reactive ketones (excluding diaryl/α,β-unsaturated/α-hetero) is 1. The van der Waals surface area contributed by atoms with Gasteiger partial charge in [-0.3, -0.25) is 9.59 Å². The summed E-state index contributed by atoms with van der Waals surface area (Å²) in [5.74, 6) is -1.55. The van der Waals surface area contributed by atoms with E-state index in [0.717, 1.165) is 0 Å². The molecule has 1 aromatic carbocycles. The zero-order valence-electron chi connectivity index (χ0n) is 12.5. The van der Waals surface area contributed by atoms with E-state index in [1.807, 2.05) is 4.90 Å². The van der Waals surface area contributed by atoms with Gasteiger partial charge in [0.25, 0.3) is 11.7 Å². The number of benzene rings is 1. The van der Waals surface area contributed by atoms with E-state index in [4.69, 9.17) is 4.42 Å². The monoisotopic (exact) mass is 316 g/mol. The fraction of sp³-hybridized carbons (Fsp3) is 0.294. The van der Waals surface area contributed by atoms with E-state index < -0.39 is 11.7 Å². The lowest BCUT2D eigenvalue weighted by Gasteiger charge is -2.33. The molecule has 1 aliphatic heterocycles. The number of halogens is 1. The zero-order chi connectivity index (χ0) is 16.2. The highest BCUT2D eigenvalue weighted by molar-refractivity contribution is 6.42. The Bertz CT molecular complexity index is 692. The van der Waals surface area contributed by atoms with Crippen LogP contribution < -0.4 is 10.2 Å². The van der Waals surface area contributed by atoms with Gasteiger partial charge in [-0.1, -0.05) is 12.1 Å². The number of ketones is 1. The first-order chi connectivity index (χ1) is 11.1. The summed E-state index contributed by atoms with van der Waals surface area (Å²) in [5.41, 5.74) is 0.573. The molecule has 6 heteroatoms. The standard InChI is InChI=1S/C17H17FN2O3/c18-13-4-1-2-5-14(13)20-9-7-12(8-10-20)19-17(22)16(21)15-6-3-11-23-15/h1-6,11-12H,7-10H2,(H,19,22). The van der Waals surface area contributed by atoms with Gasteiger partial charge in [0.1, 0.15) is 5.82 Å². The number of piperidine rings is 1. The van der Waals surface area contributed by atoms with Crippen molar-refractivity contribution >= 4 is 17.4 Å². The first-order valence-electron chi connectivity index (χ1n) is 7.53. The minimum absolute atomic E-state index is 0.0336. The number of carbonyl (C=O) groups is 2. The molecule has 0 unspecified atom stereocenters. The number of amides is 1. The van der Waals surface area contributed by atoms with Crippen molar-refractivity contribution in [3.8, 4) is 0 Å². The number of nitrogens with zero attached hydrogens (tertiary/aromatic N) is 1. The second-order valence-electron chi connectivity index (χ2n) is 5.49. The van der Waals surface area contributed by atoms with Crippen molar-refractivity contribution < 1.29 is 18.4 Å². The molecular formula is C17H17FN2O3. The van der Waals surface area contributed by atoms with Crippen molar-refractivity contribution in [2.75, 3.05) is 18.0 Å². The van der Waals surface area contributed by atoms with Crippen LogP contribution in [0.2, 0.25) is 0 Å². The average molecular weight is 316 g/mol. The second-order valence-corrected chi connectivity index (χ2v) is 5.49. The van der Waals surface area contributed by atoms with Crippen molar-refractivity contribution in [1.82, 2.24) is 5.32 Å². The van der Waals surface area contributed by atoms with Gasteiger partial charge in [-0.2, -0.15) is 0 Å². The molecule has 0 radical (unpaired) electrons. The summed E-state index contributed by atoms with van der Waals surface area (Å²) >= 11 is 0. The highest BCUT2D eigenvalue weighted by Crippen LogP contribution is 2.22. The smallest absolute Gasteiger partial charge is 0.295 e. The molecule has 1 saturated heterocycles. The van der Waals surface area contributed by atoms with Crippen LogP contribution in [0.25, 0.3) is 0 Å². The molecule has 1 amide bonds. The SMILES string of the molecule is O=C(NC1CCN(c2ccccc2F)CC1)C(=O)c1ccco1. The molecule has 0 aliphatic carbocycles. The van der Waals surface area contributed by atoms with Gasteiger partial charge in [-0.25, -0.2) is 4.39 Å². The van der Waals surface area contributed by atoms with E-state index in [0.29, 0.717) is 31.6 Å². The molecule has 5 nitrogen and oxygen atoms in total. The number of nitrogens with one attached hydrogen (secondary N) is 1. The van der Waals surface area contributed by atoms with E-state index in [9.17, 15) is 14.0 Å². The number of furan rings is 1. The Hall–Kier alpha value is -2.63. The minimum atomic E-state index is -0.675. The molecule has 2 heterocycles. The Labute approximate surface area is 133 Å². The molecule has 0 bridgehead atoms. The van der Waals surface area contributed by atoms with Gasteiger partial charge in [-0.05, 0) is 37.1 Å². The van der Waals surface area contributed by atoms with Crippen LogP contribution in [0.1, 0.15) is 23.4 Å². The first-order valence-corrected chi connectivity index (χ1v) is 7.53. The second kappa shape index (κ2) is 6.64. The van der Waals surface area contributed by atoms with E-state index in [1.54, 1.807) is 24.3 Å². The summed E-state index contributed by atoms with van der Waals surface area (Å²) < 4.78 is 18.7. The third kappa shape index (κ3) is 3.41. The van der Waals surface area contributed by atoms with Crippen molar-refractivity contribution in [1.29, 1.82) is 0 Å². The Morgan fingerprint density at radius 2 is 1.87 bits per heavy atom. The quantitative estimate of drug-likeness (QED) is 0.695. The van der Waals surface area contributed by atoms with E-state index in [2.05, 4.69) is 5.32 Å². The summed E-state index contributed by atoms with van der Waals surface area (Å²) in [5, 5.41) is 2.72. The lowest BCUT2D eigenvalue weighted by molar-refractivity contribution is -0.117. The molecule has 0 saturated carbocycles. The predicted octanol–water partition coefficient (Wildman–Crippen LogP) is 2.39. The molecule has 1 aromatic heterocycles. The summed E-state index contributed by atoms with van der Waals surface area (Å²) in [7, 11) is 0. The van der Waals surface area contributed by atoms with Crippen LogP contribution in [0.3, 0.4) is 0 Å². The van der Waals surface area contributed by atoms with Gasteiger partial charge in [0, 0.05) is 19.1 Å². The van der Waals surface area contributed by atoms with Crippen LogP contribution in [-0.2, 0) is 4.79 Å². The summed E-state index contributed by atoms with van der Waals surface area (Å²) in [6.07, 6.45) is 2.67. The van der Waals surface area contributed by atoms with Crippen LogP contribution in [0.15, 0.2) is 47.1 Å². The normalized spacial score (nSPS) is 15.4. The van der Waals surface area contributed by atoms with Crippen LogP contribution in [0, 0.1) is 5.82 Å². The van der Waals surface area contributed by atoms with Crippen LogP contribution in [-0.4, -0.2) is 30.8 Å².